The standard InChI is InChI=1S/C4H10S2.2C2H4O2/c5-3-1-2-4-6;2*1-2(3)4/h5-6H,1-4H2;2*1H3,(H,3,4). The van der Waals surface area contributed by atoms with E-state index in [2.05, 4.69) is 25.3 Å². The van der Waals surface area contributed by atoms with Crippen LogP contribution in [-0.2, 0) is 9.59 Å². The monoisotopic (exact) mass is 242 g/mol. The van der Waals surface area contributed by atoms with E-state index in [1.54, 1.807) is 0 Å². The Morgan fingerprint density at radius 1 is 0.929 bits per heavy atom. The second kappa shape index (κ2) is 18.4. The van der Waals surface area contributed by atoms with E-state index in [0.29, 0.717) is 0 Å². The lowest BCUT2D eigenvalue weighted by Crippen LogP contribution is -1.78. The van der Waals surface area contributed by atoms with Gasteiger partial charge in [0.05, 0.1) is 0 Å². The quantitative estimate of drug-likeness (QED) is 0.450. The van der Waals surface area contributed by atoms with Crippen LogP contribution >= 0.6 is 25.3 Å². The summed E-state index contributed by atoms with van der Waals surface area (Å²) in [6.45, 7) is 2.17. The molecule has 0 aromatic heterocycles. The molecule has 0 atom stereocenters. The van der Waals surface area contributed by atoms with Crippen LogP contribution in [0.3, 0.4) is 0 Å². The second-order valence-corrected chi connectivity index (χ2v) is 3.09. The summed E-state index contributed by atoms with van der Waals surface area (Å²) in [5, 5.41) is 14.8. The third-order valence-electron chi connectivity index (χ3n) is 0.566. The molecule has 0 saturated heterocycles. The summed E-state index contributed by atoms with van der Waals surface area (Å²) in [5.41, 5.74) is 0. The number of aliphatic carboxylic acids is 2. The van der Waals surface area contributed by atoms with Crippen LogP contribution in [0.5, 0.6) is 0 Å². The highest BCUT2D eigenvalue weighted by molar-refractivity contribution is 7.80. The fraction of sp³-hybridized carbons (Fsp3) is 0.750. The van der Waals surface area contributed by atoms with Crippen LogP contribution in [0.4, 0.5) is 0 Å². The first-order valence-corrected chi connectivity index (χ1v) is 5.25. The smallest absolute Gasteiger partial charge is 0.300 e. The van der Waals surface area contributed by atoms with Crippen LogP contribution in [-0.4, -0.2) is 33.7 Å². The lowest BCUT2D eigenvalue weighted by Gasteiger charge is -1.85. The van der Waals surface area contributed by atoms with E-state index >= 15 is 0 Å². The third kappa shape index (κ3) is 189. The number of unbranched alkanes of at least 4 members (excludes halogenated alkanes) is 1. The van der Waals surface area contributed by atoms with Gasteiger partial charge in [0, 0.05) is 13.8 Å². The van der Waals surface area contributed by atoms with Gasteiger partial charge in [0.1, 0.15) is 0 Å². The third-order valence-corrected chi connectivity index (χ3v) is 1.20. The van der Waals surface area contributed by atoms with Gasteiger partial charge in [0.15, 0.2) is 0 Å². The molecular formula is C8H18O4S2. The number of carbonyl (C=O) groups is 2. The first kappa shape index (κ1) is 19.2. The molecule has 0 unspecified atom stereocenters. The summed E-state index contributed by atoms with van der Waals surface area (Å²) in [5.74, 6) is 0.334. The summed E-state index contributed by atoms with van der Waals surface area (Å²) < 4.78 is 0. The average Bonchev–Trinajstić information content (AvgIpc) is 1.98. The van der Waals surface area contributed by atoms with Gasteiger partial charge in [-0.3, -0.25) is 9.59 Å². The summed E-state index contributed by atoms with van der Waals surface area (Å²) in [4.78, 5) is 18.0. The predicted octanol–water partition coefficient (Wildman–Crippen LogP) is 1.81. The molecule has 0 aromatic rings. The molecule has 0 saturated carbocycles. The molecule has 0 radical (unpaired) electrons. The van der Waals surface area contributed by atoms with Crippen LogP contribution in [0.15, 0.2) is 0 Å². The van der Waals surface area contributed by atoms with Crippen molar-refractivity contribution in [1.82, 2.24) is 0 Å². The largest absolute Gasteiger partial charge is 0.481 e. The van der Waals surface area contributed by atoms with Gasteiger partial charge in [-0.1, -0.05) is 0 Å². The molecule has 2 N–H and O–H groups in total. The van der Waals surface area contributed by atoms with Crippen LogP contribution in [0.2, 0.25) is 0 Å². The molecule has 4 nitrogen and oxygen atoms in total. The van der Waals surface area contributed by atoms with E-state index in [1.165, 1.54) is 12.8 Å². The Kier molecular flexibility index (Phi) is 25.3. The van der Waals surface area contributed by atoms with E-state index in [4.69, 9.17) is 19.8 Å². The Morgan fingerprint density at radius 3 is 1.14 bits per heavy atom. The maximum absolute atomic E-state index is 9.00. The number of carboxylic acids is 2. The topological polar surface area (TPSA) is 74.6 Å². The maximum atomic E-state index is 9.00. The van der Waals surface area contributed by atoms with Crippen molar-refractivity contribution in [3.8, 4) is 0 Å². The Hall–Kier alpha value is -0.360. The van der Waals surface area contributed by atoms with E-state index in [0.717, 1.165) is 25.4 Å². The highest BCUT2D eigenvalue weighted by atomic mass is 32.1. The molecule has 0 aromatic carbocycles. The molecule has 0 fully saturated rings. The molecule has 0 aliphatic rings. The number of thiol groups is 2. The van der Waals surface area contributed by atoms with E-state index in [9.17, 15) is 0 Å². The van der Waals surface area contributed by atoms with Crippen LogP contribution in [0.25, 0.3) is 0 Å². The van der Waals surface area contributed by atoms with Crippen molar-refractivity contribution < 1.29 is 19.8 Å². The van der Waals surface area contributed by atoms with Gasteiger partial charge in [-0.05, 0) is 24.3 Å². The lowest BCUT2D eigenvalue weighted by atomic mass is 10.4. The zero-order valence-electron chi connectivity index (χ0n) is 8.43. The maximum Gasteiger partial charge on any atom is 0.300 e. The first-order valence-electron chi connectivity index (χ1n) is 3.99. The van der Waals surface area contributed by atoms with Crippen molar-refractivity contribution >= 4 is 37.2 Å². The molecule has 0 aliphatic heterocycles. The number of hydrogen-bond acceptors (Lipinski definition) is 4. The molecule has 86 valence electrons. The molecule has 0 heterocycles. The number of rotatable bonds is 3. The fourth-order valence-electron chi connectivity index (χ4n) is 0.224. The highest BCUT2D eigenvalue weighted by Crippen LogP contribution is 1.91. The van der Waals surface area contributed by atoms with Crippen LogP contribution in [0, 0.1) is 0 Å². The SMILES string of the molecule is CC(=O)O.CC(=O)O.SCCCCS. The normalized spacial score (nSPS) is 7.43. The molecule has 0 aliphatic carbocycles. The summed E-state index contributed by atoms with van der Waals surface area (Å²) in [6, 6.07) is 0. The van der Waals surface area contributed by atoms with E-state index in [1.807, 2.05) is 0 Å². The predicted molar refractivity (Wildman–Crippen MR) is 63.6 cm³/mol. The Labute approximate surface area is 95.5 Å². The molecule has 0 rings (SSSR count). The van der Waals surface area contributed by atoms with Crippen molar-refractivity contribution in [2.75, 3.05) is 11.5 Å². The van der Waals surface area contributed by atoms with Gasteiger partial charge in [-0.15, -0.1) is 0 Å². The van der Waals surface area contributed by atoms with Gasteiger partial charge in [-0.25, -0.2) is 0 Å². The first-order chi connectivity index (χ1) is 6.38. The highest BCUT2D eigenvalue weighted by Gasteiger charge is 1.76. The van der Waals surface area contributed by atoms with Crippen molar-refractivity contribution in [2.24, 2.45) is 0 Å². The minimum Gasteiger partial charge on any atom is -0.481 e. The Balaban J connectivity index is -0.000000135. The van der Waals surface area contributed by atoms with Crippen LogP contribution in [0.1, 0.15) is 26.7 Å². The van der Waals surface area contributed by atoms with Gasteiger partial charge >= 0.3 is 0 Å². The van der Waals surface area contributed by atoms with Gasteiger partial charge in [0.2, 0.25) is 0 Å². The van der Waals surface area contributed by atoms with E-state index in [-0.39, 0.29) is 0 Å². The molecule has 6 heteroatoms. The van der Waals surface area contributed by atoms with Gasteiger partial charge in [-0.2, -0.15) is 25.3 Å². The molecule has 0 spiro atoms. The Bertz CT molecular complexity index is 115. The molecule has 14 heavy (non-hydrogen) atoms. The average molecular weight is 242 g/mol. The van der Waals surface area contributed by atoms with Crippen molar-refractivity contribution in [3.63, 3.8) is 0 Å². The minimum atomic E-state index is -0.833. The van der Waals surface area contributed by atoms with Gasteiger partial charge in [0.25, 0.3) is 11.9 Å². The number of hydrogen-bond donors (Lipinski definition) is 4. The second-order valence-electron chi connectivity index (χ2n) is 2.19. The summed E-state index contributed by atoms with van der Waals surface area (Å²) in [6.07, 6.45) is 2.40. The number of carboxylic acid groups (broad SMARTS) is 2. The van der Waals surface area contributed by atoms with E-state index < -0.39 is 11.9 Å². The van der Waals surface area contributed by atoms with Crippen molar-refractivity contribution in [1.29, 1.82) is 0 Å². The Morgan fingerprint density at radius 2 is 1.07 bits per heavy atom. The zero-order valence-corrected chi connectivity index (χ0v) is 10.2. The minimum absolute atomic E-state index is 0.833. The zero-order chi connectivity index (χ0) is 12.0. The summed E-state index contributed by atoms with van der Waals surface area (Å²) >= 11 is 8.04. The van der Waals surface area contributed by atoms with Crippen molar-refractivity contribution in [2.45, 2.75) is 26.7 Å². The molecule has 0 amide bonds. The van der Waals surface area contributed by atoms with Gasteiger partial charge < -0.3 is 10.2 Å². The molecule has 0 bridgehead atoms. The van der Waals surface area contributed by atoms with Crippen molar-refractivity contribution in [3.05, 3.63) is 0 Å². The van der Waals surface area contributed by atoms with Crippen LogP contribution < -0.4 is 0 Å². The lowest BCUT2D eigenvalue weighted by molar-refractivity contribution is -0.135. The molecular weight excluding hydrogens is 224 g/mol. The summed E-state index contributed by atoms with van der Waals surface area (Å²) in [7, 11) is 0. The fourth-order valence-corrected chi connectivity index (χ4v) is 0.671.